The first-order chi connectivity index (χ1) is 4.34. The maximum absolute atomic E-state index is 12.5. The molecule has 0 fully saturated rings. The molecular weight excluding hydrogens is 301 g/mol. The zero-order chi connectivity index (χ0) is 6.69. The van der Waals surface area contributed by atoms with E-state index < -0.39 is 0 Å². The van der Waals surface area contributed by atoms with Crippen molar-refractivity contribution < 1.29 is 38.4 Å². The van der Waals surface area contributed by atoms with Crippen LogP contribution in [-0.2, 0) is 6.54 Å². The van der Waals surface area contributed by atoms with Crippen molar-refractivity contribution in [3.63, 3.8) is 0 Å². The largest absolute Gasteiger partial charge is 2.00 e. The van der Waals surface area contributed by atoms with Gasteiger partial charge in [0.05, 0.1) is 0 Å². The molecule has 0 aliphatic carbocycles. The predicted molar refractivity (Wildman–Crippen MR) is 40.0 cm³/mol. The molecule has 0 saturated heterocycles. The number of nitrogens with two attached hydrogens (primary N) is 1. The first-order valence-corrected chi connectivity index (χ1v) is 2.78. The summed E-state index contributed by atoms with van der Waals surface area (Å²) in [4.78, 5) is 0. The van der Waals surface area contributed by atoms with Crippen LogP contribution >= 0.6 is 0 Å². The monoisotopic (exact) mass is 307 g/mol. The van der Waals surface area contributed by atoms with Crippen molar-refractivity contribution in [2.75, 3.05) is 0 Å². The summed E-state index contributed by atoms with van der Waals surface area (Å²) in [5.74, 6) is -0.222. The quantitative estimate of drug-likeness (QED) is 0.516. The molecule has 0 aromatic heterocycles. The van der Waals surface area contributed by atoms with E-state index in [1.165, 1.54) is 6.07 Å². The van der Waals surface area contributed by atoms with Crippen LogP contribution in [0.5, 0.6) is 0 Å². The van der Waals surface area contributed by atoms with Gasteiger partial charge in [0.15, 0.2) is 0 Å². The van der Waals surface area contributed by atoms with Gasteiger partial charge in [-0.05, 0) is 6.07 Å². The molecule has 0 atom stereocenters. The molecule has 0 saturated carbocycles. The SMILES string of the molecule is NCc1ccccc1F.[Br-].[Br-].[Mg+2]. The molecule has 1 aromatic rings. The fourth-order valence-corrected chi connectivity index (χ4v) is 0.664. The normalized spacial score (nSPS) is 7.17. The van der Waals surface area contributed by atoms with E-state index in [2.05, 4.69) is 0 Å². The Morgan fingerprint density at radius 3 is 2.00 bits per heavy atom. The van der Waals surface area contributed by atoms with Crippen molar-refractivity contribution >= 4 is 23.1 Å². The van der Waals surface area contributed by atoms with Gasteiger partial charge in [-0.15, -0.1) is 0 Å². The number of halogens is 3. The van der Waals surface area contributed by atoms with Crippen LogP contribution in [0, 0.1) is 5.82 Å². The Morgan fingerprint density at radius 2 is 1.67 bits per heavy atom. The van der Waals surface area contributed by atoms with Crippen LogP contribution in [0.15, 0.2) is 24.3 Å². The summed E-state index contributed by atoms with van der Waals surface area (Å²) in [5, 5.41) is 0. The minimum Gasteiger partial charge on any atom is -1.00 e. The second kappa shape index (κ2) is 9.92. The van der Waals surface area contributed by atoms with Gasteiger partial charge in [0.1, 0.15) is 5.82 Å². The Bertz CT molecular complexity index is 210. The third-order valence-corrected chi connectivity index (χ3v) is 1.18. The van der Waals surface area contributed by atoms with Gasteiger partial charge < -0.3 is 39.7 Å². The van der Waals surface area contributed by atoms with Crippen molar-refractivity contribution in [2.24, 2.45) is 5.73 Å². The van der Waals surface area contributed by atoms with Crippen molar-refractivity contribution in [1.29, 1.82) is 0 Å². The maximum Gasteiger partial charge on any atom is 2.00 e. The van der Waals surface area contributed by atoms with Crippen molar-refractivity contribution in [1.82, 2.24) is 0 Å². The number of rotatable bonds is 1. The average molecular weight is 309 g/mol. The smallest absolute Gasteiger partial charge is 1.00 e. The van der Waals surface area contributed by atoms with E-state index >= 15 is 0 Å². The van der Waals surface area contributed by atoms with Gasteiger partial charge in [-0.3, -0.25) is 0 Å². The number of hydrogen-bond donors (Lipinski definition) is 1. The minimum absolute atomic E-state index is 0. The first kappa shape index (κ1) is 18.6. The summed E-state index contributed by atoms with van der Waals surface area (Å²) in [5.41, 5.74) is 5.78. The van der Waals surface area contributed by atoms with Gasteiger partial charge in [0.2, 0.25) is 0 Å². The van der Waals surface area contributed by atoms with Crippen molar-refractivity contribution in [2.45, 2.75) is 6.54 Å². The molecule has 0 heterocycles. The van der Waals surface area contributed by atoms with Gasteiger partial charge in [-0.25, -0.2) is 4.39 Å². The third-order valence-electron chi connectivity index (χ3n) is 1.18. The third kappa shape index (κ3) is 5.48. The van der Waals surface area contributed by atoms with Crippen LogP contribution in [0.25, 0.3) is 0 Å². The van der Waals surface area contributed by atoms with E-state index in [0.717, 1.165) is 0 Å². The van der Waals surface area contributed by atoms with Crippen LogP contribution in [0.2, 0.25) is 0 Å². The molecule has 0 unspecified atom stereocenters. The summed E-state index contributed by atoms with van der Waals surface area (Å²) in [6.07, 6.45) is 0. The summed E-state index contributed by atoms with van der Waals surface area (Å²) >= 11 is 0. The molecule has 0 radical (unpaired) electrons. The van der Waals surface area contributed by atoms with Crippen LogP contribution in [0.1, 0.15) is 5.56 Å². The van der Waals surface area contributed by atoms with Crippen LogP contribution in [0.4, 0.5) is 4.39 Å². The summed E-state index contributed by atoms with van der Waals surface area (Å²) in [6, 6.07) is 6.50. The summed E-state index contributed by atoms with van der Waals surface area (Å²) in [6.45, 7) is 0.271. The van der Waals surface area contributed by atoms with Crippen LogP contribution in [-0.4, -0.2) is 23.1 Å². The van der Waals surface area contributed by atoms with Gasteiger partial charge >= 0.3 is 23.1 Å². The standard InChI is InChI=1S/C7H8FN.2BrH.Mg/c8-7-4-2-1-3-6(7)5-9;;;/h1-4H,5,9H2;2*1H;/q;;;+2/p-2. The molecule has 1 aromatic carbocycles. The molecular formula is C7H8Br2FMgN. The van der Waals surface area contributed by atoms with Gasteiger partial charge in [0, 0.05) is 12.1 Å². The molecule has 0 aliphatic heterocycles. The average Bonchev–Trinajstić information content (AvgIpc) is 1.89. The minimum atomic E-state index is -0.222. The van der Waals surface area contributed by atoms with Crippen molar-refractivity contribution in [3.8, 4) is 0 Å². The predicted octanol–water partition coefficient (Wildman–Crippen LogP) is -5.09. The van der Waals surface area contributed by atoms with Crippen molar-refractivity contribution in [3.05, 3.63) is 35.6 Å². The molecule has 1 rings (SSSR count). The molecule has 1 nitrogen and oxygen atoms in total. The molecule has 0 spiro atoms. The molecule has 0 amide bonds. The zero-order valence-electron chi connectivity index (χ0n) is 6.43. The number of benzene rings is 1. The maximum atomic E-state index is 12.5. The van der Waals surface area contributed by atoms with E-state index in [9.17, 15) is 4.39 Å². The van der Waals surface area contributed by atoms with E-state index in [1.807, 2.05) is 0 Å². The Labute approximate surface area is 109 Å². The van der Waals surface area contributed by atoms with E-state index in [4.69, 9.17) is 5.73 Å². The topological polar surface area (TPSA) is 26.0 Å². The Balaban J connectivity index is -0.000000270. The second-order valence-electron chi connectivity index (χ2n) is 1.80. The first-order valence-electron chi connectivity index (χ1n) is 2.78. The fraction of sp³-hybridized carbons (Fsp3) is 0.143. The Morgan fingerprint density at radius 1 is 1.17 bits per heavy atom. The summed E-state index contributed by atoms with van der Waals surface area (Å²) in [7, 11) is 0. The molecule has 0 aliphatic rings. The molecule has 64 valence electrons. The van der Waals surface area contributed by atoms with Gasteiger partial charge in [-0.2, -0.15) is 0 Å². The fourth-order valence-electron chi connectivity index (χ4n) is 0.664. The Kier molecular flexibility index (Phi) is 15.4. The van der Waals surface area contributed by atoms with Crippen LogP contribution < -0.4 is 39.7 Å². The van der Waals surface area contributed by atoms with E-state index in [1.54, 1.807) is 18.2 Å². The van der Waals surface area contributed by atoms with E-state index in [0.29, 0.717) is 5.56 Å². The number of hydrogen-bond acceptors (Lipinski definition) is 1. The second-order valence-corrected chi connectivity index (χ2v) is 1.80. The molecule has 0 bridgehead atoms. The molecule has 12 heavy (non-hydrogen) atoms. The van der Waals surface area contributed by atoms with Gasteiger partial charge in [0.25, 0.3) is 0 Å². The zero-order valence-corrected chi connectivity index (χ0v) is 11.0. The molecule has 2 N–H and O–H groups in total. The van der Waals surface area contributed by atoms with Gasteiger partial charge in [-0.1, -0.05) is 18.2 Å². The van der Waals surface area contributed by atoms with E-state index in [-0.39, 0.29) is 69.4 Å². The summed E-state index contributed by atoms with van der Waals surface area (Å²) < 4.78 is 12.5. The molecule has 5 heteroatoms. The van der Waals surface area contributed by atoms with Crippen LogP contribution in [0.3, 0.4) is 0 Å². The Hall–Kier alpha value is 0.836.